The van der Waals surface area contributed by atoms with Crippen LogP contribution in [0.25, 0.3) is 0 Å². The predicted octanol–water partition coefficient (Wildman–Crippen LogP) is 1.41. The van der Waals surface area contributed by atoms with Gasteiger partial charge in [-0.05, 0) is 44.0 Å². The fourth-order valence-corrected chi connectivity index (χ4v) is 3.23. The summed E-state index contributed by atoms with van der Waals surface area (Å²) in [5.41, 5.74) is 0.437. The SMILES string of the molecule is O=C(c1ccc(O)c(O)c1)N1CCCN2CCCC2C1. The van der Waals surface area contributed by atoms with Crippen LogP contribution in [0.5, 0.6) is 11.5 Å². The number of hydrogen-bond acceptors (Lipinski definition) is 4. The molecule has 2 heterocycles. The van der Waals surface area contributed by atoms with Gasteiger partial charge in [0.25, 0.3) is 5.91 Å². The van der Waals surface area contributed by atoms with Crippen LogP contribution in [-0.4, -0.2) is 58.1 Å². The van der Waals surface area contributed by atoms with Gasteiger partial charge in [-0.2, -0.15) is 0 Å². The van der Waals surface area contributed by atoms with Crippen molar-refractivity contribution in [2.75, 3.05) is 26.2 Å². The lowest BCUT2D eigenvalue weighted by Gasteiger charge is -2.25. The third-order valence-corrected chi connectivity index (χ3v) is 4.31. The van der Waals surface area contributed by atoms with Crippen molar-refractivity contribution in [3.05, 3.63) is 23.8 Å². The summed E-state index contributed by atoms with van der Waals surface area (Å²) in [6.45, 7) is 3.73. The minimum absolute atomic E-state index is 0.0611. The first-order valence-corrected chi connectivity index (χ1v) is 7.20. The van der Waals surface area contributed by atoms with Crippen LogP contribution >= 0.6 is 0 Å². The molecule has 0 bridgehead atoms. The molecule has 2 aliphatic rings. The van der Waals surface area contributed by atoms with E-state index in [0.29, 0.717) is 11.6 Å². The molecule has 0 saturated carbocycles. The average Bonchev–Trinajstić information content (AvgIpc) is 2.78. The number of nitrogens with zero attached hydrogens (tertiary/aromatic N) is 2. The Morgan fingerprint density at radius 3 is 2.70 bits per heavy atom. The van der Waals surface area contributed by atoms with Crippen molar-refractivity contribution in [2.24, 2.45) is 0 Å². The van der Waals surface area contributed by atoms with Crippen LogP contribution in [0, 0.1) is 0 Å². The molecule has 2 saturated heterocycles. The molecule has 1 aromatic carbocycles. The lowest BCUT2D eigenvalue weighted by atomic mass is 10.1. The number of phenols is 2. The summed E-state index contributed by atoms with van der Waals surface area (Å²) in [6.07, 6.45) is 3.36. The van der Waals surface area contributed by atoms with Crippen LogP contribution in [0.4, 0.5) is 0 Å². The number of hydrogen-bond donors (Lipinski definition) is 2. The Bertz CT molecular complexity index is 518. The standard InChI is InChI=1S/C15H20N2O3/c18-13-5-4-11(9-14(13)19)15(20)17-8-2-7-16-6-1-3-12(16)10-17/h4-5,9,12,18-19H,1-3,6-8,10H2. The molecule has 0 aliphatic carbocycles. The molecule has 5 nitrogen and oxygen atoms in total. The van der Waals surface area contributed by atoms with E-state index >= 15 is 0 Å². The average molecular weight is 276 g/mol. The van der Waals surface area contributed by atoms with Gasteiger partial charge in [0, 0.05) is 31.2 Å². The molecule has 2 N–H and O–H groups in total. The largest absolute Gasteiger partial charge is 0.504 e. The molecule has 2 fully saturated rings. The molecule has 5 heteroatoms. The molecule has 20 heavy (non-hydrogen) atoms. The molecule has 0 aromatic heterocycles. The highest BCUT2D eigenvalue weighted by Gasteiger charge is 2.30. The first-order chi connectivity index (χ1) is 9.65. The summed E-state index contributed by atoms with van der Waals surface area (Å²) >= 11 is 0. The highest BCUT2D eigenvalue weighted by Crippen LogP contribution is 2.27. The van der Waals surface area contributed by atoms with E-state index in [9.17, 15) is 15.0 Å². The topological polar surface area (TPSA) is 64.0 Å². The first kappa shape index (κ1) is 13.2. The van der Waals surface area contributed by atoms with Gasteiger partial charge in [0.1, 0.15) is 0 Å². The van der Waals surface area contributed by atoms with Gasteiger partial charge >= 0.3 is 0 Å². The molecular weight excluding hydrogens is 256 g/mol. The molecule has 108 valence electrons. The van der Waals surface area contributed by atoms with E-state index in [-0.39, 0.29) is 17.4 Å². The van der Waals surface area contributed by atoms with Gasteiger partial charge in [-0.3, -0.25) is 9.69 Å². The minimum atomic E-state index is -0.242. The Morgan fingerprint density at radius 2 is 1.90 bits per heavy atom. The van der Waals surface area contributed by atoms with E-state index in [1.807, 2.05) is 4.90 Å². The van der Waals surface area contributed by atoms with Gasteiger partial charge in [-0.1, -0.05) is 0 Å². The smallest absolute Gasteiger partial charge is 0.254 e. The first-order valence-electron chi connectivity index (χ1n) is 7.20. The maximum atomic E-state index is 12.5. The fourth-order valence-electron chi connectivity index (χ4n) is 3.23. The van der Waals surface area contributed by atoms with Crippen molar-refractivity contribution < 1.29 is 15.0 Å². The maximum absolute atomic E-state index is 12.5. The van der Waals surface area contributed by atoms with Gasteiger partial charge in [-0.25, -0.2) is 0 Å². The molecule has 2 aliphatic heterocycles. The number of carbonyl (C=O) groups excluding carboxylic acids is 1. The molecule has 0 radical (unpaired) electrons. The zero-order valence-electron chi connectivity index (χ0n) is 11.5. The Kier molecular flexibility index (Phi) is 3.53. The normalized spacial score (nSPS) is 23.4. The summed E-state index contributed by atoms with van der Waals surface area (Å²) < 4.78 is 0. The van der Waals surface area contributed by atoms with E-state index in [4.69, 9.17) is 0 Å². The quantitative estimate of drug-likeness (QED) is 0.761. The Morgan fingerprint density at radius 1 is 1.10 bits per heavy atom. The summed E-state index contributed by atoms with van der Waals surface area (Å²) in [7, 11) is 0. The molecule has 3 rings (SSSR count). The van der Waals surface area contributed by atoms with Crippen molar-refractivity contribution in [3.63, 3.8) is 0 Å². The summed E-state index contributed by atoms with van der Waals surface area (Å²) in [5, 5.41) is 18.8. The Balaban J connectivity index is 1.77. The van der Waals surface area contributed by atoms with Crippen LogP contribution < -0.4 is 0 Å². The number of amides is 1. The van der Waals surface area contributed by atoms with Gasteiger partial charge in [0.2, 0.25) is 0 Å². The second-order valence-electron chi connectivity index (χ2n) is 5.64. The number of phenolic OH excluding ortho intramolecular Hbond substituents is 2. The van der Waals surface area contributed by atoms with Crippen LogP contribution in [0.15, 0.2) is 18.2 Å². The monoisotopic (exact) mass is 276 g/mol. The van der Waals surface area contributed by atoms with Crippen molar-refractivity contribution >= 4 is 5.91 Å². The van der Waals surface area contributed by atoms with Crippen molar-refractivity contribution in [1.82, 2.24) is 9.80 Å². The van der Waals surface area contributed by atoms with E-state index < -0.39 is 0 Å². The van der Waals surface area contributed by atoms with E-state index in [1.54, 1.807) is 6.07 Å². The van der Waals surface area contributed by atoms with Gasteiger partial charge in [-0.15, -0.1) is 0 Å². The fraction of sp³-hybridized carbons (Fsp3) is 0.533. The van der Waals surface area contributed by atoms with Crippen LogP contribution in [0.2, 0.25) is 0 Å². The molecule has 1 amide bonds. The second kappa shape index (κ2) is 5.32. The molecule has 0 spiro atoms. The number of fused-ring (bicyclic) bond motifs is 1. The van der Waals surface area contributed by atoms with Crippen molar-refractivity contribution in [1.29, 1.82) is 0 Å². The molecular formula is C15H20N2O3. The molecule has 1 atom stereocenters. The number of carbonyl (C=O) groups is 1. The van der Waals surface area contributed by atoms with Gasteiger partial charge in [0.15, 0.2) is 11.5 Å². The highest BCUT2D eigenvalue weighted by molar-refractivity contribution is 5.95. The lowest BCUT2D eigenvalue weighted by Crippen LogP contribution is -2.39. The molecule has 1 aromatic rings. The summed E-state index contributed by atoms with van der Waals surface area (Å²) in [6, 6.07) is 4.75. The van der Waals surface area contributed by atoms with Crippen LogP contribution in [0.1, 0.15) is 29.6 Å². The number of rotatable bonds is 1. The van der Waals surface area contributed by atoms with Crippen LogP contribution in [-0.2, 0) is 0 Å². The minimum Gasteiger partial charge on any atom is -0.504 e. The second-order valence-corrected chi connectivity index (χ2v) is 5.64. The Hall–Kier alpha value is -1.75. The van der Waals surface area contributed by atoms with Crippen LogP contribution in [0.3, 0.4) is 0 Å². The van der Waals surface area contributed by atoms with E-state index in [2.05, 4.69) is 4.90 Å². The predicted molar refractivity (Wildman–Crippen MR) is 74.9 cm³/mol. The summed E-state index contributed by atoms with van der Waals surface area (Å²) in [4.78, 5) is 16.9. The zero-order valence-corrected chi connectivity index (χ0v) is 11.5. The summed E-state index contributed by atoms with van der Waals surface area (Å²) in [5.74, 6) is -0.499. The van der Waals surface area contributed by atoms with Gasteiger partial charge < -0.3 is 15.1 Å². The van der Waals surface area contributed by atoms with E-state index in [0.717, 1.165) is 39.0 Å². The zero-order chi connectivity index (χ0) is 14.1. The number of benzene rings is 1. The van der Waals surface area contributed by atoms with Crippen molar-refractivity contribution in [2.45, 2.75) is 25.3 Å². The Labute approximate surface area is 118 Å². The highest BCUT2D eigenvalue weighted by atomic mass is 16.3. The van der Waals surface area contributed by atoms with Gasteiger partial charge in [0.05, 0.1) is 0 Å². The lowest BCUT2D eigenvalue weighted by molar-refractivity contribution is 0.0743. The maximum Gasteiger partial charge on any atom is 0.254 e. The van der Waals surface area contributed by atoms with Crippen molar-refractivity contribution in [3.8, 4) is 11.5 Å². The molecule has 1 unspecified atom stereocenters. The van der Waals surface area contributed by atoms with E-state index in [1.165, 1.54) is 18.6 Å². The third-order valence-electron chi connectivity index (χ3n) is 4.31. The third kappa shape index (κ3) is 2.45. The number of aromatic hydroxyl groups is 2.